The van der Waals surface area contributed by atoms with Crippen LogP contribution in [0.4, 0.5) is 5.69 Å². The summed E-state index contributed by atoms with van der Waals surface area (Å²) in [5, 5.41) is 22.3. The Bertz CT molecular complexity index is 1160. The average molecular weight is 585 g/mol. The SMILES string of the molecule is CC(=O)O.CNC(=O)[C@H](Cc1ccc(N=C(N)N)cc1)NC(=O)[C@H](CC(C)C)[C@@H](CCCc1ccccc1)C(=O)NO. The molecule has 3 atom stereocenters. The van der Waals surface area contributed by atoms with Crippen molar-refractivity contribution in [3.63, 3.8) is 0 Å². The van der Waals surface area contributed by atoms with Gasteiger partial charge in [0.2, 0.25) is 17.7 Å². The first-order chi connectivity index (χ1) is 19.9. The molecule has 12 heteroatoms. The van der Waals surface area contributed by atoms with Crippen LogP contribution in [-0.4, -0.2) is 53.1 Å². The van der Waals surface area contributed by atoms with Crippen LogP contribution >= 0.6 is 0 Å². The number of nitrogens with zero attached hydrogens (tertiary/aromatic N) is 1. The number of nitrogens with one attached hydrogen (secondary N) is 3. The van der Waals surface area contributed by atoms with Gasteiger partial charge >= 0.3 is 0 Å². The molecule has 0 aliphatic carbocycles. The molecular weight excluding hydrogens is 540 g/mol. The Morgan fingerprint density at radius 2 is 1.48 bits per heavy atom. The van der Waals surface area contributed by atoms with Crippen molar-refractivity contribution < 1.29 is 29.5 Å². The molecule has 0 saturated carbocycles. The number of nitrogens with two attached hydrogens (primary N) is 2. The zero-order valence-corrected chi connectivity index (χ0v) is 24.7. The molecule has 2 rings (SSSR count). The molecule has 0 radical (unpaired) electrons. The number of aryl methyl sites for hydroxylation is 1. The van der Waals surface area contributed by atoms with Gasteiger partial charge in [0.05, 0.1) is 11.6 Å². The van der Waals surface area contributed by atoms with Gasteiger partial charge in [-0.3, -0.25) is 24.4 Å². The van der Waals surface area contributed by atoms with E-state index in [0.29, 0.717) is 24.9 Å². The number of rotatable bonds is 14. The summed E-state index contributed by atoms with van der Waals surface area (Å²) in [5.41, 5.74) is 15.1. The Morgan fingerprint density at radius 1 is 0.881 bits per heavy atom. The highest BCUT2D eigenvalue weighted by Gasteiger charge is 2.35. The molecule has 2 aromatic carbocycles. The van der Waals surface area contributed by atoms with E-state index in [4.69, 9.17) is 21.4 Å². The number of hydrogen-bond donors (Lipinski definition) is 7. The topological polar surface area (TPSA) is 209 Å². The van der Waals surface area contributed by atoms with Crippen LogP contribution in [0.15, 0.2) is 59.6 Å². The summed E-state index contributed by atoms with van der Waals surface area (Å²) in [7, 11) is 1.50. The van der Waals surface area contributed by atoms with Gasteiger partial charge in [0.1, 0.15) is 6.04 Å². The molecule has 0 heterocycles. The first kappa shape index (κ1) is 35.6. The monoisotopic (exact) mass is 584 g/mol. The lowest BCUT2D eigenvalue weighted by Gasteiger charge is -2.28. The number of amides is 3. The molecule has 0 aliphatic heterocycles. The first-order valence-electron chi connectivity index (χ1n) is 13.8. The molecule has 0 bridgehead atoms. The minimum absolute atomic E-state index is 0.0605. The van der Waals surface area contributed by atoms with Gasteiger partial charge in [0.15, 0.2) is 5.96 Å². The maximum Gasteiger partial charge on any atom is 0.300 e. The van der Waals surface area contributed by atoms with Crippen LogP contribution in [-0.2, 0) is 32.0 Å². The third-order valence-electron chi connectivity index (χ3n) is 6.33. The van der Waals surface area contributed by atoms with E-state index in [1.165, 1.54) is 7.05 Å². The fourth-order valence-electron chi connectivity index (χ4n) is 4.48. The number of guanidine groups is 1. The summed E-state index contributed by atoms with van der Waals surface area (Å²) in [6.07, 6.45) is 2.45. The number of aliphatic carboxylic acids is 1. The Labute approximate surface area is 246 Å². The Hall–Kier alpha value is -4.45. The van der Waals surface area contributed by atoms with E-state index in [1.54, 1.807) is 29.7 Å². The van der Waals surface area contributed by atoms with Crippen molar-refractivity contribution in [2.75, 3.05) is 7.05 Å². The summed E-state index contributed by atoms with van der Waals surface area (Å²) >= 11 is 0. The molecule has 9 N–H and O–H groups in total. The van der Waals surface area contributed by atoms with Gasteiger partial charge < -0.3 is 27.2 Å². The van der Waals surface area contributed by atoms with Crippen molar-refractivity contribution >= 4 is 35.3 Å². The molecule has 42 heavy (non-hydrogen) atoms. The number of hydrogen-bond acceptors (Lipinski definition) is 6. The van der Waals surface area contributed by atoms with Crippen LogP contribution in [0.25, 0.3) is 0 Å². The average Bonchev–Trinajstić information content (AvgIpc) is 2.94. The zero-order chi connectivity index (χ0) is 31.7. The highest BCUT2D eigenvalue weighted by atomic mass is 16.5. The van der Waals surface area contributed by atoms with Gasteiger partial charge in [0.25, 0.3) is 5.97 Å². The molecular formula is C30H44N6O6. The largest absolute Gasteiger partial charge is 0.481 e. The third kappa shape index (κ3) is 13.8. The standard InChI is InChI=1S/C28H40N6O4.C2H4O2/c1-18(2)16-23(22(26(36)34-38)11-7-10-19-8-5-4-6-9-19)25(35)33-24(27(37)31-3)17-20-12-14-21(15-13-20)32-28(29)30;1-2(3)4/h4-6,8-9,12-15,18,22-24,38H,7,10-11,16-17H2,1-3H3,(H,31,37)(H,33,35)(H,34,36)(H4,29,30,32);1H3,(H,3,4)/t22-,23-,24+;/m1./s1. The maximum absolute atomic E-state index is 13.6. The Morgan fingerprint density at radius 3 is 1.98 bits per heavy atom. The minimum Gasteiger partial charge on any atom is -0.481 e. The Balaban J connectivity index is 0.00000206. The second-order valence-corrected chi connectivity index (χ2v) is 10.3. The molecule has 0 saturated heterocycles. The van der Waals surface area contributed by atoms with Crippen LogP contribution in [0.3, 0.4) is 0 Å². The van der Waals surface area contributed by atoms with Gasteiger partial charge in [-0.05, 0) is 54.9 Å². The van der Waals surface area contributed by atoms with E-state index >= 15 is 0 Å². The maximum atomic E-state index is 13.6. The number of likely N-dealkylation sites (N-methyl/N-ethyl adjacent to an activating group) is 1. The van der Waals surface area contributed by atoms with Crippen molar-refractivity contribution in [1.82, 2.24) is 16.1 Å². The van der Waals surface area contributed by atoms with Crippen LogP contribution in [0.2, 0.25) is 0 Å². The van der Waals surface area contributed by atoms with Crippen molar-refractivity contribution in [1.29, 1.82) is 0 Å². The van der Waals surface area contributed by atoms with Crippen molar-refractivity contribution in [2.45, 2.75) is 58.9 Å². The smallest absolute Gasteiger partial charge is 0.300 e. The van der Waals surface area contributed by atoms with E-state index in [0.717, 1.165) is 24.5 Å². The lowest BCUT2D eigenvalue weighted by molar-refractivity contribution is -0.142. The number of aliphatic imine (C=N–C) groups is 1. The second-order valence-electron chi connectivity index (χ2n) is 10.3. The zero-order valence-electron chi connectivity index (χ0n) is 24.7. The molecule has 2 aromatic rings. The van der Waals surface area contributed by atoms with E-state index in [-0.39, 0.29) is 24.2 Å². The van der Waals surface area contributed by atoms with E-state index < -0.39 is 35.7 Å². The van der Waals surface area contributed by atoms with Crippen molar-refractivity contribution in [3.05, 3.63) is 65.7 Å². The van der Waals surface area contributed by atoms with E-state index in [9.17, 15) is 19.6 Å². The highest BCUT2D eigenvalue weighted by molar-refractivity contribution is 5.91. The fraction of sp³-hybridized carbons (Fsp3) is 0.433. The number of carbonyl (C=O) groups excluding carboxylic acids is 3. The van der Waals surface area contributed by atoms with Gasteiger partial charge in [-0.15, -0.1) is 0 Å². The summed E-state index contributed by atoms with van der Waals surface area (Å²) in [5.74, 6) is -3.64. The lowest BCUT2D eigenvalue weighted by atomic mass is 9.80. The fourth-order valence-corrected chi connectivity index (χ4v) is 4.48. The number of benzene rings is 2. The van der Waals surface area contributed by atoms with Crippen molar-refractivity contribution in [3.8, 4) is 0 Å². The normalized spacial score (nSPS) is 12.5. The van der Waals surface area contributed by atoms with Gasteiger partial charge in [0, 0.05) is 26.3 Å². The first-order valence-corrected chi connectivity index (χ1v) is 13.8. The molecule has 0 aliphatic rings. The molecule has 0 aromatic heterocycles. The van der Waals surface area contributed by atoms with Gasteiger partial charge in [-0.2, -0.15) is 0 Å². The van der Waals surface area contributed by atoms with Crippen LogP contribution in [0.5, 0.6) is 0 Å². The van der Waals surface area contributed by atoms with E-state index in [1.807, 2.05) is 44.2 Å². The van der Waals surface area contributed by atoms with Gasteiger partial charge in [-0.1, -0.05) is 56.3 Å². The van der Waals surface area contributed by atoms with Crippen LogP contribution in [0, 0.1) is 17.8 Å². The highest BCUT2D eigenvalue weighted by Crippen LogP contribution is 2.27. The Kier molecular flexibility index (Phi) is 15.9. The molecule has 0 fully saturated rings. The van der Waals surface area contributed by atoms with Crippen LogP contribution < -0.4 is 27.6 Å². The number of carboxylic acid groups (broad SMARTS) is 1. The summed E-state index contributed by atoms with van der Waals surface area (Å²) in [6, 6.07) is 16.0. The summed E-state index contributed by atoms with van der Waals surface area (Å²) in [4.78, 5) is 52.0. The lowest BCUT2D eigenvalue weighted by Crippen LogP contribution is -2.51. The predicted octanol–water partition coefficient (Wildman–Crippen LogP) is 2.26. The van der Waals surface area contributed by atoms with Crippen molar-refractivity contribution in [2.24, 2.45) is 34.2 Å². The summed E-state index contributed by atoms with van der Waals surface area (Å²) < 4.78 is 0. The summed E-state index contributed by atoms with van der Waals surface area (Å²) in [6.45, 7) is 5.01. The number of carbonyl (C=O) groups is 4. The molecule has 230 valence electrons. The van der Waals surface area contributed by atoms with Gasteiger partial charge in [-0.25, -0.2) is 10.5 Å². The molecule has 12 nitrogen and oxygen atoms in total. The predicted molar refractivity (Wildman–Crippen MR) is 161 cm³/mol. The number of carboxylic acids is 1. The minimum atomic E-state index is -0.863. The molecule has 0 spiro atoms. The molecule has 0 unspecified atom stereocenters. The number of hydroxylamine groups is 1. The van der Waals surface area contributed by atoms with E-state index in [2.05, 4.69) is 15.6 Å². The quantitative estimate of drug-likeness (QED) is 0.0756. The molecule has 3 amide bonds. The third-order valence-corrected chi connectivity index (χ3v) is 6.33. The second kappa shape index (κ2) is 18.8. The van der Waals surface area contributed by atoms with Crippen LogP contribution in [0.1, 0.15) is 51.2 Å².